The molecule has 0 aromatic heterocycles. The van der Waals surface area contributed by atoms with Gasteiger partial charge in [-0.15, -0.1) is 0 Å². The summed E-state index contributed by atoms with van der Waals surface area (Å²) in [5.41, 5.74) is 1.62. The first-order valence-corrected chi connectivity index (χ1v) is 12.9. The van der Waals surface area contributed by atoms with Crippen LogP contribution >= 0.6 is 0 Å². The highest BCUT2D eigenvalue weighted by molar-refractivity contribution is 5.75. The van der Waals surface area contributed by atoms with Gasteiger partial charge in [-0.3, -0.25) is 9.69 Å². The van der Waals surface area contributed by atoms with E-state index in [1.165, 1.54) is 24.9 Å². The van der Waals surface area contributed by atoms with Gasteiger partial charge in [0.15, 0.2) is 0 Å². The molecule has 33 heavy (non-hydrogen) atoms. The smallest absolute Gasteiger partial charge is 0.310 e. The molecule has 0 bridgehead atoms. The lowest BCUT2D eigenvalue weighted by Crippen LogP contribution is -2.54. The number of rotatable bonds is 4. The maximum atomic E-state index is 13.0. The number of piperazine rings is 1. The van der Waals surface area contributed by atoms with Gasteiger partial charge in [0.05, 0.1) is 25.2 Å². The van der Waals surface area contributed by atoms with Crippen molar-refractivity contribution >= 4 is 11.7 Å². The van der Waals surface area contributed by atoms with Crippen LogP contribution in [0.1, 0.15) is 46.0 Å². The minimum atomic E-state index is 0.0111. The second-order valence-corrected chi connectivity index (χ2v) is 11.6. The van der Waals surface area contributed by atoms with Crippen LogP contribution in [0.25, 0.3) is 0 Å². The molecule has 4 unspecified atom stereocenters. The third-order valence-corrected chi connectivity index (χ3v) is 9.65. The van der Waals surface area contributed by atoms with Gasteiger partial charge in [-0.05, 0) is 74.6 Å². The highest BCUT2D eigenvalue weighted by Gasteiger charge is 2.65. The van der Waals surface area contributed by atoms with E-state index in [1.54, 1.807) is 7.11 Å². The molecule has 6 heteroatoms. The molecule has 6 nitrogen and oxygen atoms in total. The Morgan fingerprint density at radius 2 is 1.97 bits per heavy atom. The Balaban J connectivity index is 1.12. The third kappa shape index (κ3) is 3.65. The molecule has 3 aliphatic heterocycles. The van der Waals surface area contributed by atoms with Crippen LogP contribution in [0.15, 0.2) is 24.3 Å². The molecule has 5 aliphatic rings. The van der Waals surface area contributed by atoms with Crippen LogP contribution < -0.4 is 9.64 Å². The van der Waals surface area contributed by atoms with E-state index in [0.717, 1.165) is 51.4 Å². The van der Waals surface area contributed by atoms with Crippen molar-refractivity contribution in [3.63, 3.8) is 0 Å². The Morgan fingerprint density at radius 1 is 1.18 bits per heavy atom. The molecule has 1 aromatic carbocycles. The van der Waals surface area contributed by atoms with Crippen molar-refractivity contribution in [1.82, 2.24) is 4.90 Å². The number of carbonyl (C=O) groups excluding carboxylic acids is 1. The fraction of sp³-hybridized carbons (Fsp3) is 0.741. The van der Waals surface area contributed by atoms with Gasteiger partial charge in [-0.1, -0.05) is 6.92 Å². The normalized spacial score (nSPS) is 42.6. The number of methoxy groups -OCH3 is 1. The second kappa shape index (κ2) is 7.88. The number of benzene rings is 1. The molecule has 2 saturated carbocycles. The van der Waals surface area contributed by atoms with E-state index in [1.807, 2.05) is 12.1 Å². The summed E-state index contributed by atoms with van der Waals surface area (Å²) < 4.78 is 17.4. The monoisotopic (exact) mass is 454 g/mol. The summed E-state index contributed by atoms with van der Waals surface area (Å²) in [6, 6.07) is 8.74. The van der Waals surface area contributed by atoms with E-state index >= 15 is 0 Å². The van der Waals surface area contributed by atoms with E-state index in [-0.39, 0.29) is 29.0 Å². The van der Waals surface area contributed by atoms with Crippen LogP contribution in [0.2, 0.25) is 0 Å². The molecule has 1 aromatic rings. The Labute approximate surface area is 197 Å². The average Bonchev–Trinajstić information content (AvgIpc) is 3.51. The Morgan fingerprint density at radius 3 is 2.67 bits per heavy atom. The highest BCUT2D eigenvalue weighted by Crippen LogP contribution is 2.62. The van der Waals surface area contributed by atoms with Gasteiger partial charge in [0.25, 0.3) is 0 Å². The first-order chi connectivity index (χ1) is 15.9. The van der Waals surface area contributed by atoms with Gasteiger partial charge in [-0.2, -0.15) is 0 Å². The lowest BCUT2D eigenvalue weighted by atomic mass is 9.53. The minimum absolute atomic E-state index is 0.0111. The van der Waals surface area contributed by atoms with Crippen LogP contribution in [-0.2, 0) is 14.3 Å². The Hall–Kier alpha value is -1.79. The number of nitrogens with zero attached hydrogens (tertiary/aromatic N) is 2. The molecule has 1 spiro atoms. The van der Waals surface area contributed by atoms with Crippen molar-refractivity contribution in [2.24, 2.45) is 23.2 Å². The summed E-state index contributed by atoms with van der Waals surface area (Å²) >= 11 is 0. The number of hydrogen-bond donors (Lipinski definition) is 0. The summed E-state index contributed by atoms with van der Waals surface area (Å²) in [6.45, 7) is 9.40. The average molecular weight is 455 g/mol. The predicted molar refractivity (Wildman–Crippen MR) is 126 cm³/mol. The van der Waals surface area contributed by atoms with Gasteiger partial charge in [-0.25, -0.2) is 0 Å². The van der Waals surface area contributed by atoms with Crippen LogP contribution in [0.5, 0.6) is 5.75 Å². The number of ether oxygens (including phenoxy) is 3. The van der Waals surface area contributed by atoms with E-state index in [2.05, 4.69) is 35.8 Å². The highest BCUT2D eigenvalue weighted by atomic mass is 16.6. The van der Waals surface area contributed by atoms with Gasteiger partial charge in [0.2, 0.25) is 0 Å². The number of hydrogen-bond acceptors (Lipinski definition) is 6. The molecule has 2 aliphatic carbocycles. The summed E-state index contributed by atoms with van der Waals surface area (Å²) in [6.07, 6.45) is 5.93. The van der Waals surface area contributed by atoms with Crippen molar-refractivity contribution in [1.29, 1.82) is 0 Å². The Kier molecular flexibility index (Phi) is 5.18. The van der Waals surface area contributed by atoms with Crippen LogP contribution in [0, 0.1) is 23.2 Å². The zero-order chi connectivity index (χ0) is 22.8. The number of fused-ring (bicyclic) bond motifs is 3. The van der Waals surface area contributed by atoms with E-state index < -0.39 is 0 Å². The molecule has 180 valence electrons. The molecular formula is C27H38N2O4. The number of anilines is 1. The first kappa shape index (κ1) is 21.7. The summed E-state index contributed by atoms with van der Waals surface area (Å²) in [5.74, 6) is 1.88. The number of epoxide rings is 1. The number of carbonyl (C=O) groups is 1. The SMILES string of the molecule is COc1ccc(N2CCN(CC3C(=O)O[C@@H]4C[C@@]5(C)CCCC6(CO6)C5C[C@H]34)CC2C)cc1. The molecule has 0 N–H and O–H groups in total. The molecule has 5 fully saturated rings. The molecule has 3 saturated heterocycles. The van der Waals surface area contributed by atoms with Crippen molar-refractivity contribution in [2.75, 3.05) is 44.8 Å². The van der Waals surface area contributed by atoms with Crippen molar-refractivity contribution in [2.45, 2.75) is 63.7 Å². The molecule has 7 atom stereocenters. The van der Waals surface area contributed by atoms with Crippen molar-refractivity contribution < 1.29 is 19.0 Å². The molecule has 3 heterocycles. The standard InChI is InChI=1S/C27H38N2O4/c1-18-15-28(11-12-29(18)19-5-7-20(31-3)8-6-19)16-22-21-13-24-26(2,14-23(21)33-25(22)30)9-4-10-27(24)17-32-27/h5-8,18,21-24H,4,9-17H2,1-3H3/t18?,21-,22?,23-,24?,26-,27?/m1/s1. The van der Waals surface area contributed by atoms with Gasteiger partial charge >= 0.3 is 5.97 Å². The van der Waals surface area contributed by atoms with Gasteiger partial charge in [0, 0.05) is 43.8 Å². The zero-order valence-electron chi connectivity index (χ0n) is 20.3. The maximum absolute atomic E-state index is 13.0. The third-order valence-electron chi connectivity index (χ3n) is 9.65. The largest absolute Gasteiger partial charge is 0.497 e. The fourth-order valence-electron chi connectivity index (χ4n) is 7.80. The quantitative estimate of drug-likeness (QED) is 0.510. The molecular weight excluding hydrogens is 416 g/mol. The van der Waals surface area contributed by atoms with Crippen molar-refractivity contribution in [3.05, 3.63) is 24.3 Å². The van der Waals surface area contributed by atoms with Crippen LogP contribution in [-0.4, -0.2) is 68.5 Å². The molecule has 0 amide bonds. The predicted octanol–water partition coefficient (Wildman–Crippen LogP) is 3.73. The number of esters is 1. The van der Waals surface area contributed by atoms with Gasteiger partial charge < -0.3 is 19.1 Å². The second-order valence-electron chi connectivity index (χ2n) is 11.6. The zero-order valence-corrected chi connectivity index (χ0v) is 20.3. The van der Waals surface area contributed by atoms with E-state index in [0.29, 0.717) is 17.9 Å². The summed E-state index contributed by atoms with van der Waals surface area (Å²) in [5, 5.41) is 0. The maximum Gasteiger partial charge on any atom is 0.310 e. The lowest BCUT2D eigenvalue weighted by Gasteiger charge is -2.51. The summed E-state index contributed by atoms with van der Waals surface area (Å²) in [7, 11) is 1.70. The minimum Gasteiger partial charge on any atom is -0.497 e. The van der Waals surface area contributed by atoms with E-state index in [9.17, 15) is 4.79 Å². The van der Waals surface area contributed by atoms with Crippen molar-refractivity contribution in [3.8, 4) is 5.75 Å². The lowest BCUT2D eigenvalue weighted by molar-refractivity contribution is -0.147. The topological polar surface area (TPSA) is 54.5 Å². The molecule has 0 radical (unpaired) electrons. The fourth-order valence-corrected chi connectivity index (χ4v) is 7.80. The first-order valence-electron chi connectivity index (χ1n) is 12.9. The Bertz CT molecular complexity index is 900. The van der Waals surface area contributed by atoms with Crippen LogP contribution in [0.3, 0.4) is 0 Å². The van der Waals surface area contributed by atoms with Crippen LogP contribution in [0.4, 0.5) is 5.69 Å². The van der Waals surface area contributed by atoms with E-state index in [4.69, 9.17) is 14.2 Å². The van der Waals surface area contributed by atoms with Gasteiger partial charge in [0.1, 0.15) is 11.9 Å². The summed E-state index contributed by atoms with van der Waals surface area (Å²) in [4.78, 5) is 18.0. The molecule has 6 rings (SSSR count).